The average Bonchev–Trinajstić information content (AvgIpc) is 2.57. The fourth-order valence-electron chi connectivity index (χ4n) is 2.84. The van der Waals surface area contributed by atoms with E-state index in [1.165, 1.54) is 30.2 Å². The van der Waals surface area contributed by atoms with Gasteiger partial charge < -0.3 is 4.74 Å². The molecule has 0 radical (unpaired) electrons. The number of hydrogen-bond donors (Lipinski definition) is 1. The molecule has 0 spiro atoms. The highest BCUT2D eigenvalue weighted by Crippen LogP contribution is 2.32. The van der Waals surface area contributed by atoms with Crippen LogP contribution in [0.1, 0.15) is 12.0 Å². The zero-order valence-corrected chi connectivity index (χ0v) is 15.4. The summed E-state index contributed by atoms with van der Waals surface area (Å²) in [4.78, 5) is 12.9. The lowest BCUT2D eigenvalue weighted by Crippen LogP contribution is -2.36. The van der Waals surface area contributed by atoms with Crippen molar-refractivity contribution in [2.45, 2.75) is 17.7 Å². The number of rotatable bonds is 5. The number of nitrogens with one attached hydrogen (secondary N) is 1. The number of benzene rings is 2. The van der Waals surface area contributed by atoms with E-state index in [-0.39, 0.29) is 23.3 Å². The Labute approximate surface area is 155 Å². The van der Waals surface area contributed by atoms with Crippen molar-refractivity contribution in [3.8, 4) is 0 Å². The van der Waals surface area contributed by atoms with E-state index in [9.17, 15) is 17.6 Å². The maximum absolute atomic E-state index is 13.9. The topological polar surface area (TPSA) is 75.7 Å². The molecule has 0 aromatic heterocycles. The van der Waals surface area contributed by atoms with Crippen molar-refractivity contribution in [1.29, 1.82) is 0 Å². The van der Waals surface area contributed by atoms with Crippen molar-refractivity contribution >= 4 is 38.9 Å². The molecule has 0 bridgehead atoms. The summed E-state index contributed by atoms with van der Waals surface area (Å²) in [5, 5.41) is -0.202. The number of amides is 1. The average molecular weight is 399 g/mol. The van der Waals surface area contributed by atoms with Gasteiger partial charge in [-0.1, -0.05) is 17.7 Å². The van der Waals surface area contributed by atoms with Crippen molar-refractivity contribution in [2.75, 3.05) is 23.5 Å². The fourth-order valence-corrected chi connectivity index (χ4v) is 4.50. The predicted molar refractivity (Wildman–Crippen MR) is 96.3 cm³/mol. The number of fused-ring (bicyclic) bond motifs is 1. The van der Waals surface area contributed by atoms with Crippen LogP contribution in [0.5, 0.6) is 0 Å². The number of carbonyl (C=O) groups excluding carboxylic acids is 1. The largest absolute Gasteiger partial charge is 0.364 e. The van der Waals surface area contributed by atoms with Gasteiger partial charge in [-0.15, -0.1) is 0 Å². The van der Waals surface area contributed by atoms with Crippen molar-refractivity contribution in [2.24, 2.45) is 0 Å². The van der Waals surface area contributed by atoms with Gasteiger partial charge in [-0.3, -0.25) is 14.4 Å². The van der Waals surface area contributed by atoms with E-state index >= 15 is 0 Å². The molecule has 6 nitrogen and oxygen atoms in total. The molecule has 1 amide bonds. The van der Waals surface area contributed by atoms with Gasteiger partial charge in [0.15, 0.2) is 0 Å². The van der Waals surface area contributed by atoms with Crippen molar-refractivity contribution in [3.05, 3.63) is 52.8 Å². The van der Waals surface area contributed by atoms with Crippen LogP contribution in [0.25, 0.3) is 0 Å². The normalized spacial score (nSPS) is 14.3. The van der Waals surface area contributed by atoms with Crippen LogP contribution < -0.4 is 9.62 Å². The first-order valence-electron chi connectivity index (χ1n) is 7.72. The predicted octanol–water partition coefficient (Wildman–Crippen LogP) is 3.16. The SMILES string of the molecule is COCN1C(=O)CCc2cc(NS(=O)(=O)c3c(F)cccc3Cl)ccc21. The molecule has 26 heavy (non-hydrogen) atoms. The maximum Gasteiger partial charge on any atom is 0.266 e. The van der Waals surface area contributed by atoms with Crippen molar-refractivity contribution < 1.29 is 22.3 Å². The molecular formula is C17H16ClFN2O4S. The summed E-state index contributed by atoms with van der Waals surface area (Å²) in [6, 6.07) is 8.42. The first-order chi connectivity index (χ1) is 12.3. The maximum atomic E-state index is 13.9. The molecule has 0 atom stereocenters. The van der Waals surface area contributed by atoms with E-state index in [0.717, 1.165) is 11.6 Å². The van der Waals surface area contributed by atoms with Crippen molar-refractivity contribution in [3.63, 3.8) is 0 Å². The first kappa shape index (κ1) is 18.6. The van der Waals surface area contributed by atoms with E-state index < -0.39 is 20.7 Å². The highest BCUT2D eigenvalue weighted by Gasteiger charge is 2.26. The molecule has 1 aliphatic heterocycles. The lowest BCUT2D eigenvalue weighted by atomic mass is 10.0. The minimum absolute atomic E-state index is 0.0641. The molecular weight excluding hydrogens is 383 g/mol. The monoisotopic (exact) mass is 398 g/mol. The summed E-state index contributed by atoms with van der Waals surface area (Å²) in [6.45, 7) is 0.113. The number of ether oxygens (including phenoxy) is 1. The number of halogens is 2. The number of anilines is 2. The third-order valence-electron chi connectivity index (χ3n) is 3.98. The van der Waals surface area contributed by atoms with Crippen LogP contribution >= 0.6 is 11.6 Å². The third kappa shape index (κ3) is 3.53. The Kier molecular flexibility index (Phi) is 5.17. The Morgan fingerprint density at radius 3 is 2.73 bits per heavy atom. The van der Waals surface area contributed by atoms with Crippen LogP contribution in [0.2, 0.25) is 5.02 Å². The molecule has 3 rings (SSSR count). The summed E-state index contributed by atoms with van der Waals surface area (Å²) < 4.78 is 46.3. The molecule has 0 saturated heterocycles. The fraction of sp³-hybridized carbons (Fsp3) is 0.235. The Hall–Kier alpha value is -2.16. The quantitative estimate of drug-likeness (QED) is 0.839. The van der Waals surface area contributed by atoms with Gasteiger partial charge in [0.05, 0.1) is 5.02 Å². The van der Waals surface area contributed by atoms with Crippen LogP contribution in [0, 0.1) is 5.82 Å². The van der Waals surface area contributed by atoms with E-state index in [1.807, 2.05) is 0 Å². The lowest BCUT2D eigenvalue weighted by molar-refractivity contribution is -0.119. The summed E-state index contributed by atoms with van der Waals surface area (Å²) in [6.07, 6.45) is 0.774. The van der Waals surface area contributed by atoms with Gasteiger partial charge in [-0.25, -0.2) is 12.8 Å². The molecule has 2 aromatic carbocycles. The molecule has 138 valence electrons. The number of hydrogen-bond acceptors (Lipinski definition) is 4. The number of sulfonamides is 1. The van der Waals surface area contributed by atoms with E-state index in [2.05, 4.69) is 4.72 Å². The second kappa shape index (κ2) is 7.22. The van der Waals surface area contributed by atoms with Gasteiger partial charge in [0.25, 0.3) is 10.0 Å². The van der Waals surface area contributed by atoms with Crippen LogP contribution in [-0.2, 0) is 26.0 Å². The van der Waals surface area contributed by atoms with Gasteiger partial charge in [-0.05, 0) is 42.3 Å². The van der Waals surface area contributed by atoms with Gasteiger partial charge in [0.2, 0.25) is 5.91 Å². The minimum atomic E-state index is -4.20. The van der Waals surface area contributed by atoms with Gasteiger partial charge in [0, 0.05) is 24.9 Å². The van der Waals surface area contributed by atoms with E-state index in [1.54, 1.807) is 12.1 Å². The van der Waals surface area contributed by atoms with Crippen LogP contribution in [-0.4, -0.2) is 28.2 Å². The molecule has 1 N–H and O–H groups in total. The number of methoxy groups -OCH3 is 1. The number of nitrogens with zero attached hydrogens (tertiary/aromatic N) is 1. The van der Waals surface area contributed by atoms with E-state index in [0.29, 0.717) is 18.5 Å². The van der Waals surface area contributed by atoms with Crippen molar-refractivity contribution in [1.82, 2.24) is 0 Å². The molecule has 0 fully saturated rings. The zero-order chi connectivity index (χ0) is 18.9. The lowest BCUT2D eigenvalue weighted by Gasteiger charge is -2.29. The molecule has 2 aromatic rings. The molecule has 0 unspecified atom stereocenters. The number of aryl methyl sites for hydroxylation is 1. The van der Waals surface area contributed by atoms with Crippen LogP contribution in [0.15, 0.2) is 41.3 Å². The highest BCUT2D eigenvalue weighted by molar-refractivity contribution is 7.92. The Balaban J connectivity index is 1.93. The summed E-state index contributed by atoms with van der Waals surface area (Å²) in [5.74, 6) is -0.995. The molecule has 1 aliphatic rings. The third-order valence-corrected chi connectivity index (χ3v) is 5.86. The second-order valence-electron chi connectivity index (χ2n) is 5.74. The smallest absolute Gasteiger partial charge is 0.266 e. The molecule has 0 aliphatic carbocycles. The Morgan fingerprint density at radius 2 is 2.04 bits per heavy atom. The summed E-state index contributed by atoms with van der Waals surface area (Å²) >= 11 is 5.85. The second-order valence-corrected chi connectivity index (χ2v) is 7.77. The molecule has 0 saturated carbocycles. The standard InChI is InChI=1S/C17H16ClFN2O4S/c1-25-10-21-15-7-6-12(9-11(15)5-8-16(21)22)20-26(23,24)17-13(18)3-2-4-14(17)19/h2-4,6-7,9,20H,5,8,10H2,1H3. The van der Waals surface area contributed by atoms with Gasteiger partial charge >= 0.3 is 0 Å². The molecule has 9 heteroatoms. The first-order valence-corrected chi connectivity index (χ1v) is 9.58. The zero-order valence-electron chi connectivity index (χ0n) is 13.8. The Morgan fingerprint density at radius 1 is 1.27 bits per heavy atom. The summed E-state index contributed by atoms with van der Waals surface area (Å²) in [7, 11) is -2.71. The minimum Gasteiger partial charge on any atom is -0.364 e. The highest BCUT2D eigenvalue weighted by atomic mass is 35.5. The van der Waals surface area contributed by atoms with Crippen LogP contribution in [0.3, 0.4) is 0 Å². The molecule has 1 heterocycles. The number of carbonyl (C=O) groups is 1. The van der Waals surface area contributed by atoms with E-state index in [4.69, 9.17) is 16.3 Å². The van der Waals surface area contributed by atoms with Gasteiger partial charge in [-0.2, -0.15) is 0 Å². The Bertz CT molecular complexity index is 945. The van der Waals surface area contributed by atoms with Crippen LogP contribution in [0.4, 0.5) is 15.8 Å². The summed E-state index contributed by atoms with van der Waals surface area (Å²) in [5.41, 5.74) is 1.71. The van der Waals surface area contributed by atoms with Gasteiger partial charge in [0.1, 0.15) is 17.4 Å².